The Morgan fingerprint density at radius 3 is 2.43 bits per heavy atom. The van der Waals surface area contributed by atoms with E-state index in [1.54, 1.807) is 12.1 Å². The van der Waals surface area contributed by atoms with Crippen LogP contribution in [0.4, 0.5) is 5.69 Å². The first kappa shape index (κ1) is 33.9. The first-order valence-corrected chi connectivity index (χ1v) is 19.3. The van der Waals surface area contributed by atoms with Crippen LogP contribution in [0.25, 0.3) is 10.8 Å². The van der Waals surface area contributed by atoms with Crippen LogP contribution in [0.3, 0.4) is 0 Å². The average molecular weight is 652 g/mol. The summed E-state index contributed by atoms with van der Waals surface area (Å²) < 4.78 is 26.5. The summed E-state index contributed by atoms with van der Waals surface area (Å²) in [6.07, 6.45) is 11.7. The third-order valence-electron chi connectivity index (χ3n) is 14.2. The molecule has 3 N–H and O–H groups in total. The normalized spacial score (nSPS) is 37.8. The van der Waals surface area contributed by atoms with E-state index in [1.807, 2.05) is 43.3 Å². The predicted molar refractivity (Wildman–Crippen MR) is 186 cm³/mol. The van der Waals surface area contributed by atoms with Gasteiger partial charge in [0.2, 0.25) is 0 Å². The third kappa shape index (κ3) is 5.34. The van der Waals surface area contributed by atoms with E-state index >= 15 is 0 Å². The van der Waals surface area contributed by atoms with Crippen molar-refractivity contribution in [3.05, 3.63) is 36.4 Å². The van der Waals surface area contributed by atoms with Gasteiger partial charge >= 0.3 is 0 Å². The molecular weight excluding hydrogens is 595 g/mol. The van der Waals surface area contributed by atoms with Gasteiger partial charge in [-0.15, -0.1) is 4.83 Å². The van der Waals surface area contributed by atoms with Crippen molar-refractivity contribution >= 4 is 32.8 Å². The van der Waals surface area contributed by atoms with Crippen molar-refractivity contribution in [2.24, 2.45) is 51.8 Å². The standard InChI is InChI=1S/C38H57N3O4S/c1-25(11-7-8-22-39-40-46(44,45)34-15-10-12-27-28(34)13-9-14-33(27)41(5)6)29-16-17-30-35-31(19-20-36(29,30)2)37(3)21-18-26(43)23-38(37,4)32(35)24-42/h9-10,12-15,24-26,29-32,35,39-40,43H,7-8,11,16-23H2,1-6H3/t25-,26+,29-,30?,31?,32-,35?,36-,37?,38?/m1/s1. The lowest BCUT2D eigenvalue weighted by Gasteiger charge is -2.53. The smallest absolute Gasteiger partial charge is 0.253 e. The molecule has 4 aliphatic carbocycles. The van der Waals surface area contributed by atoms with Gasteiger partial charge < -0.3 is 14.8 Å². The van der Waals surface area contributed by atoms with Crippen LogP contribution >= 0.6 is 0 Å². The maximum Gasteiger partial charge on any atom is 0.253 e. The van der Waals surface area contributed by atoms with Gasteiger partial charge in [0, 0.05) is 43.0 Å². The number of hydrogen-bond acceptors (Lipinski definition) is 6. The first-order valence-electron chi connectivity index (χ1n) is 17.9. The second-order valence-electron chi connectivity index (χ2n) is 16.4. The van der Waals surface area contributed by atoms with Crippen LogP contribution in [0.1, 0.15) is 91.9 Å². The second-order valence-corrected chi connectivity index (χ2v) is 18.1. The van der Waals surface area contributed by atoms with Gasteiger partial charge in [0.1, 0.15) is 6.29 Å². The molecule has 5 unspecified atom stereocenters. The van der Waals surface area contributed by atoms with Gasteiger partial charge in [-0.1, -0.05) is 64.8 Å². The molecule has 0 saturated heterocycles. The highest BCUT2D eigenvalue weighted by Gasteiger charge is 2.70. The van der Waals surface area contributed by atoms with Crippen molar-refractivity contribution in [3.63, 3.8) is 0 Å². The SMILES string of the molecule is C[C@H](CCCCNNS(=O)(=O)c1cccc2c(N(C)C)cccc12)[C@H]1CCC2C3C(CC[C@@]21C)C1(C)CC[C@H](O)CC1(C)[C@@H]3C=O. The largest absolute Gasteiger partial charge is 0.393 e. The average Bonchev–Trinajstić information content (AvgIpc) is 3.46. The lowest BCUT2D eigenvalue weighted by atomic mass is 9.52. The molecule has 4 saturated carbocycles. The van der Waals surface area contributed by atoms with Gasteiger partial charge in [0.05, 0.1) is 11.0 Å². The number of aldehydes is 1. The fourth-order valence-corrected chi connectivity index (χ4v) is 12.9. The van der Waals surface area contributed by atoms with Gasteiger partial charge in [-0.25, -0.2) is 13.8 Å². The molecule has 7 nitrogen and oxygen atoms in total. The maximum atomic E-state index is 13.3. The number of hydrazine groups is 1. The van der Waals surface area contributed by atoms with Crippen LogP contribution in [-0.2, 0) is 14.8 Å². The molecule has 8 heteroatoms. The number of aliphatic hydroxyl groups is 1. The van der Waals surface area contributed by atoms with Gasteiger partial charge in [0.25, 0.3) is 10.0 Å². The highest BCUT2D eigenvalue weighted by Crippen LogP contribution is 2.75. The molecule has 0 aliphatic heterocycles. The van der Waals surface area contributed by atoms with Crippen molar-refractivity contribution in [1.29, 1.82) is 0 Å². The minimum absolute atomic E-state index is 0.0508. The van der Waals surface area contributed by atoms with E-state index in [0.29, 0.717) is 41.5 Å². The fourth-order valence-electron chi connectivity index (χ4n) is 11.8. The van der Waals surface area contributed by atoms with E-state index in [2.05, 4.69) is 38.0 Å². The number of rotatable bonds is 11. The highest BCUT2D eigenvalue weighted by molar-refractivity contribution is 7.89. The summed E-state index contributed by atoms with van der Waals surface area (Å²) in [5.74, 6) is 2.92. The quantitative estimate of drug-likeness (QED) is 0.138. The number of unbranched alkanes of at least 4 members (excludes halogenated alkanes) is 1. The number of sulfonamides is 1. The number of nitrogens with one attached hydrogen (secondary N) is 2. The van der Waals surface area contributed by atoms with E-state index in [0.717, 1.165) is 49.6 Å². The highest BCUT2D eigenvalue weighted by atomic mass is 32.2. The Bertz CT molecular complexity index is 1550. The molecule has 0 bridgehead atoms. The molecule has 2 aromatic rings. The Kier molecular flexibility index (Phi) is 9.18. The van der Waals surface area contributed by atoms with E-state index in [1.165, 1.54) is 32.0 Å². The Morgan fingerprint density at radius 1 is 0.957 bits per heavy atom. The molecule has 0 aromatic heterocycles. The lowest BCUT2D eigenvalue weighted by molar-refractivity contribution is -0.121. The zero-order chi connectivity index (χ0) is 33.1. The van der Waals surface area contributed by atoms with E-state index < -0.39 is 10.0 Å². The van der Waals surface area contributed by atoms with Crippen LogP contribution in [0.5, 0.6) is 0 Å². The topological polar surface area (TPSA) is 98.7 Å². The Labute approximate surface area is 277 Å². The third-order valence-corrected chi connectivity index (χ3v) is 15.6. The summed E-state index contributed by atoms with van der Waals surface area (Å²) in [5, 5.41) is 12.3. The molecule has 4 aliphatic rings. The molecule has 0 spiro atoms. The molecular formula is C38H57N3O4S. The molecule has 10 atom stereocenters. The monoisotopic (exact) mass is 651 g/mol. The van der Waals surface area contributed by atoms with E-state index in [4.69, 9.17) is 0 Å². The number of fused-ring (bicyclic) bond motifs is 6. The minimum atomic E-state index is -3.72. The van der Waals surface area contributed by atoms with Crippen molar-refractivity contribution in [3.8, 4) is 0 Å². The number of carbonyl (C=O) groups excluding carboxylic acids is 1. The lowest BCUT2D eigenvalue weighted by Crippen LogP contribution is -2.47. The molecule has 254 valence electrons. The predicted octanol–water partition coefficient (Wildman–Crippen LogP) is 6.94. The zero-order valence-electron chi connectivity index (χ0n) is 28.9. The Morgan fingerprint density at radius 2 is 1.70 bits per heavy atom. The number of hydrogen-bond donors (Lipinski definition) is 3. The number of nitrogens with zero attached hydrogens (tertiary/aromatic N) is 1. The molecule has 6 rings (SSSR count). The Balaban J connectivity index is 1.04. The fraction of sp³-hybridized carbons (Fsp3) is 0.711. The minimum Gasteiger partial charge on any atom is -0.393 e. The van der Waals surface area contributed by atoms with Crippen LogP contribution in [0.15, 0.2) is 41.3 Å². The van der Waals surface area contributed by atoms with Gasteiger partial charge in [-0.2, -0.15) is 0 Å². The summed E-state index contributed by atoms with van der Waals surface area (Å²) in [5.41, 5.74) is 4.28. The van der Waals surface area contributed by atoms with Crippen molar-refractivity contribution < 1.29 is 18.3 Å². The summed E-state index contributed by atoms with van der Waals surface area (Å²) in [4.78, 5) is 17.7. The Hall–Kier alpha value is -2.00. The van der Waals surface area contributed by atoms with Gasteiger partial charge in [0.15, 0.2) is 0 Å². The van der Waals surface area contributed by atoms with Crippen molar-refractivity contribution in [1.82, 2.24) is 10.3 Å². The first-order chi connectivity index (χ1) is 21.8. The van der Waals surface area contributed by atoms with Crippen molar-refractivity contribution in [2.45, 2.75) is 103 Å². The molecule has 4 fully saturated rings. The summed E-state index contributed by atoms with van der Waals surface area (Å²) >= 11 is 0. The molecule has 0 amide bonds. The van der Waals surface area contributed by atoms with Crippen LogP contribution in [-0.4, -0.2) is 46.6 Å². The van der Waals surface area contributed by atoms with E-state index in [-0.39, 0.29) is 33.2 Å². The zero-order valence-corrected chi connectivity index (χ0v) is 29.7. The molecule has 46 heavy (non-hydrogen) atoms. The van der Waals surface area contributed by atoms with Crippen LogP contribution < -0.4 is 15.2 Å². The summed E-state index contributed by atoms with van der Waals surface area (Å²) in [7, 11) is 0.204. The van der Waals surface area contributed by atoms with Gasteiger partial charge in [-0.3, -0.25) is 0 Å². The summed E-state index contributed by atoms with van der Waals surface area (Å²) in [6.45, 7) is 10.3. The molecule has 0 radical (unpaired) electrons. The maximum absolute atomic E-state index is 13.3. The number of carbonyl (C=O) groups is 1. The second kappa shape index (κ2) is 12.5. The summed E-state index contributed by atoms with van der Waals surface area (Å²) in [6, 6.07) is 11.2. The van der Waals surface area contributed by atoms with Gasteiger partial charge in [-0.05, 0) is 109 Å². The van der Waals surface area contributed by atoms with Crippen molar-refractivity contribution in [2.75, 3.05) is 25.5 Å². The molecule has 0 heterocycles. The van der Waals surface area contributed by atoms with Crippen LogP contribution in [0, 0.1) is 51.8 Å². The number of anilines is 1. The molecule has 2 aromatic carbocycles. The van der Waals surface area contributed by atoms with Crippen LogP contribution in [0.2, 0.25) is 0 Å². The van der Waals surface area contributed by atoms with E-state index in [9.17, 15) is 18.3 Å². The number of aliphatic hydroxyl groups excluding tert-OH is 1. The number of benzene rings is 2.